The van der Waals surface area contributed by atoms with Gasteiger partial charge in [-0.05, 0) is 55.2 Å². The normalized spacial score (nSPS) is 18.9. The molecule has 5 nitrogen and oxygen atoms in total. The molecule has 0 N–H and O–H groups in total. The zero-order valence-electron chi connectivity index (χ0n) is 19.2. The van der Waals surface area contributed by atoms with E-state index in [4.69, 9.17) is 14.8 Å². The molecule has 33 heavy (non-hydrogen) atoms. The Balaban J connectivity index is 1.72. The number of nitrogens with zero attached hydrogens (tertiary/aromatic N) is 3. The van der Waals surface area contributed by atoms with Crippen molar-refractivity contribution in [3.63, 3.8) is 0 Å². The van der Waals surface area contributed by atoms with Crippen LogP contribution in [0.1, 0.15) is 42.3 Å². The zero-order chi connectivity index (χ0) is 23.0. The van der Waals surface area contributed by atoms with Crippen molar-refractivity contribution in [3.05, 3.63) is 106 Å². The maximum absolute atomic E-state index is 13.4. The van der Waals surface area contributed by atoms with Gasteiger partial charge in [-0.15, -0.1) is 0 Å². The number of benzene rings is 3. The average Bonchev–Trinajstić information content (AvgIpc) is 2.84. The third-order valence-electron chi connectivity index (χ3n) is 6.71. The summed E-state index contributed by atoms with van der Waals surface area (Å²) in [5, 5.41) is 5.57. The van der Waals surface area contributed by atoms with Crippen LogP contribution in [0.15, 0.2) is 82.7 Å². The Morgan fingerprint density at radius 3 is 2.27 bits per heavy atom. The first-order chi connectivity index (χ1) is 16.1. The Kier molecular flexibility index (Phi) is 5.33. The van der Waals surface area contributed by atoms with E-state index in [-0.39, 0.29) is 11.0 Å². The number of aromatic nitrogens is 2. The summed E-state index contributed by atoms with van der Waals surface area (Å²) in [5.74, 6) is 1.49. The lowest BCUT2D eigenvalue weighted by Crippen LogP contribution is -2.47. The first kappa shape index (κ1) is 21.1. The maximum atomic E-state index is 13.4. The van der Waals surface area contributed by atoms with Crippen LogP contribution >= 0.6 is 0 Å². The van der Waals surface area contributed by atoms with E-state index in [1.807, 2.05) is 43.3 Å². The third kappa shape index (κ3) is 3.44. The van der Waals surface area contributed by atoms with E-state index in [2.05, 4.69) is 43.3 Å². The number of methoxy groups -OCH3 is 1. The summed E-state index contributed by atoms with van der Waals surface area (Å²) in [6.07, 6.45) is 2.37. The van der Waals surface area contributed by atoms with Crippen molar-refractivity contribution < 1.29 is 4.74 Å². The van der Waals surface area contributed by atoms with Gasteiger partial charge in [0.15, 0.2) is 0 Å². The predicted molar refractivity (Wildman–Crippen MR) is 132 cm³/mol. The van der Waals surface area contributed by atoms with Gasteiger partial charge in [0.2, 0.25) is 0 Å². The fourth-order valence-electron chi connectivity index (χ4n) is 4.75. The highest BCUT2D eigenvalue weighted by Crippen LogP contribution is 2.47. The van der Waals surface area contributed by atoms with Gasteiger partial charge in [0.1, 0.15) is 11.6 Å². The van der Waals surface area contributed by atoms with Crippen molar-refractivity contribution in [1.29, 1.82) is 0 Å². The van der Waals surface area contributed by atoms with Crippen LogP contribution in [-0.2, 0) is 11.8 Å². The number of aryl methyl sites for hydroxylation is 2. The molecule has 4 aromatic rings. The molecule has 0 spiro atoms. The molecule has 1 fully saturated rings. The number of rotatable bonds is 5. The van der Waals surface area contributed by atoms with E-state index in [0.717, 1.165) is 29.9 Å². The number of ether oxygens (including phenoxy) is 1. The van der Waals surface area contributed by atoms with Gasteiger partial charge in [0.05, 0.1) is 29.1 Å². The van der Waals surface area contributed by atoms with Crippen molar-refractivity contribution in [2.75, 3.05) is 7.11 Å². The average molecular weight is 438 g/mol. The van der Waals surface area contributed by atoms with Gasteiger partial charge >= 0.3 is 0 Å². The number of hydrogen-bond acceptors (Lipinski definition) is 4. The molecule has 1 atom stereocenters. The van der Waals surface area contributed by atoms with Gasteiger partial charge in [-0.25, -0.2) is 4.98 Å². The van der Waals surface area contributed by atoms with Crippen LogP contribution in [-0.4, -0.2) is 22.5 Å². The number of hydrogen-bond donors (Lipinski definition) is 0. The van der Waals surface area contributed by atoms with E-state index in [1.54, 1.807) is 7.11 Å². The van der Waals surface area contributed by atoms with E-state index in [9.17, 15) is 4.79 Å². The molecule has 1 heterocycles. The summed E-state index contributed by atoms with van der Waals surface area (Å²) >= 11 is 0. The highest BCUT2D eigenvalue weighted by molar-refractivity contribution is 6.03. The Morgan fingerprint density at radius 1 is 1.00 bits per heavy atom. The largest absolute Gasteiger partial charge is 0.497 e. The van der Waals surface area contributed by atoms with Crippen molar-refractivity contribution in [3.8, 4) is 5.75 Å². The quantitative estimate of drug-likeness (QED) is 0.428. The van der Waals surface area contributed by atoms with Gasteiger partial charge < -0.3 is 4.74 Å². The van der Waals surface area contributed by atoms with Crippen molar-refractivity contribution in [1.82, 2.24) is 9.66 Å². The van der Waals surface area contributed by atoms with Crippen LogP contribution in [0.3, 0.4) is 0 Å². The molecule has 0 radical (unpaired) electrons. The highest BCUT2D eigenvalue weighted by atomic mass is 16.5. The van der Waals surface area contributed by atoms with Gasteiger partial charge in [0, 0.05) is 6.42 Å². The summed E-state index contributed by atoms with van der Waals surface area (Å²) in [5.41, 5.74) is 4.74. The molecule has 5 heteroatoms. The Bertz CT molecular complexity index is 1400. The van der Waals surface area contributed by atoms with Crippen LogP contribution in [0.5, 0.6) is 5.75 Å². The van der Waals surface area contributed by atoms with Gasteiger partial charge in [-0.2, -0.15) is 9.78 Å². The van der Waals surface area contributed by atoms with Crippen molar-refractivity contribution in [2.45, 2.75) is 38.5 Å². The van der Waals surface area contributed by atoms with Crippen LogP contribution in [0.4, 0.5) is 0 Å². The predicted octanol–water partition coefficient (Wildman–Crippen LogP) is 5.26. The zero-order valence-corrected chi connectivity index (χ0v) is 19.2. The molecule has 5 rings (SSSR count). The number of fused-ring (bicyclic) bond motifs is 1. The first-order valence-electron chi connectivity index (χ1n) is 11.4. The van der Waals surface area contributed by atoms with Gasteiger partial charge in [-0.3, -0.25) is 4.79 Å². The molecule has 0 amide bonds. The minimum Gasteiger partial charge on any atom is -0.497 e. The third-order valence-corrected chi connectivity index (χ3v) is 6.71. The first-order valence-corrected chi connectivity index (χ1v) is 11.4. The highest BCUT2D eigenvalue weighted by Gasteiger charge is 2.47. The Labute approximate surface area is 193 Å². The van der Waals surface area contributed by atoms with E-state index >= 15 is 0 Å². The molecule has 0 saturated heterocycles. The van der Waals surface area contributed by atoms with Crippen molar-refractivity contribution >= 4 is 16.6 Å². The molecular weight excluding hydrogens is 410 g/mol. The molecule has 1 aliphatic carbocycles. The minimum atomic E-state index is -0.379. The summed E-state index contributed by atoms with van der Waals surface area (Å²) < 4.78 is 6.90. The summed E-state index contributed by atoms with van der Waals surface area (Å²) in [6.45, 7) is 4.10. The van der Waals surface area contributed by atoms with Crippen molar-refractivity contribution in [2.24, 2.45) is 5.10 Å². The molecule has 0 aliphatic heterocycles. The molecular formula is C28H27N3O2. The van der Waals surface area contributed by atoms with Crippen LogP contribution in [0.25, 0.3) is 10.9 Å². The topological polar surface area (TPSA) is 56.5 Å². The van der Waals surface area contributed by atoms with Gasteiger partial charge in [0.25, 0.3) is 5.56 Å². The summed E-state index contributed by atoms with van der Waals surface area (Å²) in [7, 11) is 1.67. The standard InChI is InChI=1S/C28H27N3O2/c1-4-26-29-24-8-6-5-7-23(24)27(32)31(26)30-25-17-18-28(25,20-11-9-19(2)10-12-20)21-13-15-22(33-3)16-14-21/h5-16H,4,17-18H2,1-3H3/b30-25-. The second kappa shape index (κ2) is 8.32. The molecule has 0 bridgehead atoms. The summed E-state index contributed by atoms with van der Waals surface area (Å²) in [4.78, 5) is 18.1. The molecule has 166 valence electrons. The van der Waals surface area contributed by atoms with E-state index < -0.39 is 0 Å². The lowest BCUT2D eigenvalue weighted by atomic mass is 9.59. The molecule has 1 aliphatic rings. The fraction of sp³-hybridized carbons (Fsp3) is 0.250. The lowest BCUT2D eigenvalue weighted by molar-refractivity contribution is 0.414. The smallest absolute Gasteiger partial charge is 0.282 e. The second-order valence-electron chi connectivity index (χ2n) is 8.56. The van der Waals surface area contributed by atoms with E-state index in [1.165, 1.54) is 15.8 Å². The minimum absolute atomic E-state index is 0.121. The van der Waals surface area contributed by atoms with E-state index in [0.29, 0.717) is 23.1 Å². The molecule has 1 aromatic heterocycles. The summed E-state index contributed by atoms with van der Waals surface area (Å²) in [6, 6.07) is 24.3. The second-order valence-corrected chi connectivity index (χ2v) is 8.56. The maximum Gasteiger partial charge on any atom is 0.282 e. The number of para-hydroxylation sites is 1. The monoisotopic (exact) mass is 437 g/mol. The Morgan fingerprint density at radius 2 is 1.67 bits per heavy atom. The van der Waals surface area contributed by atoms with Crippen LogP contribution in [0, 0.1) is 6.92 Å². The van der Waals surface area contributed by atoms with Crippen LogP contribution < -0.4 is 10.3 Å². The molecule has 1 saturated carbocycles. The van der Waals surface area contributed by atoms with Crippen LogP contribution in [0.2, 0.25) is 0 Å². The van der Waals surface area contributed by atoms with Gasteiger partial charge in [-0.1, -0.05) is 61.0 Å². The molecule has 3 aromatic carbocycles. The SMILES string of the molecule is CCc1nc2ccccc2c(=O)n1/N=C1/CCC1(c1ccc(C)cc1)c1ccc(OC)cc1. The molecule has 1 unspecified atom stereocenters. The Hall–Kier alpha value is -3.73. The fourth-order valence-corrected chi connectivity index (χ4v) is 4.75. The lowest BCUT2D eigenvalue weighted by Gasteiger charge is -2.44.